The van der Waals surface area contributed by atoms with Crippen molar-refractivity contribution in [1.29, 1.82) is 0 Å². The summed E-state index contributed by atoms with van der Waals surface area (Å²) in [5.41, 5.74) is 1.24. The van der Waals surface area contributed by atoms with Crippen molar-refractivity contribution < 1.29 is 4.79 Å². The third kappa shape index (κ3) is 4.21. The van der Waals surface area contributed by atoms with Gasteiger partial charge in [-0.1, -0.05) is 13.8 Å². The second kappa shape index (κ2) is 6.87. The summed E-state index contributed by atoms with van der Waals surface area (Å²) in [5, 5.41) is 6.17. The van der Waals surface area contributed by atoms with E-state index in [-0.39, 0.29) is 5.78 Å². The van der Waals surface area contributed by atoms with Crippen molar-refractivity contribution in [2.45, 2.75) is 26.7 Å². The molecule has 0 amide bonds. The Balaban J connectivity index is 2.81. The van der Waals surface area contributed by atoms with E-state index in [4.69, 9.17) is 0 Å². The minimum Gasteiger partial charge on any atom is -0.380 e. The largest absolute Gasteiger partial charge is 0.380 e. The Hall–Kier alpha value is -0.740. The van der Waals surface area contributed by atoms with Crippen LogP contribution in [-0.4, -0.2) is 18.6 Å². The molecule has 0 fully saturated rings. The average molecular weight is 269 g/mol. The van der Waals surface area contributed by atoms with E-state index in [1.54, 1.807) is 17.8 Å². The number of thioether (sulfide) groups is 1. The molecule has 0 saturated carbocycles. The number of hydrogen-bond donors (Lipinski definition) is 1. The van der Waals surface area contributed by atoms with Gasteiger partial charge in [0.25, 0.3) is 0 Å². The predicted molar refractivity (Wildman–Crippen MR) is 78.0 cm³/mol. The van der Waals surface area contributed by atoms with Crippen LogP contribution in [0, 0.1) is 0 Å². The molecule has 1 heterocycles. The fraction of sp³-hybridized carbons (Fsp3) is 0.462. The zero-order chi connectivity index (χ0) is 12.8. The molecule has 0 radical (unpaired) electrons. The van der Waals surface area contributed by atoms with Gasteiger partial charge in [-0.25, -0.2) is 0 Å². The molecule has 1 rings (SSSR count). The summed E-state index contributed by atoms with van der Waals surface area (Å²) < 4.78 is 0. The minimum atomic E-state index is 0.0900. The molecule has 94 valence electrons. The lowest BCUT2D eigenvalue weighted by molar-refractivity contribution is 0.105. The first-order valence-corrected chi connectivity index (χ1v) is 7.81. The first-order chi connectivity index (χ1) is 8.08. The highest BCUT2D eigenvalue weighted by Crippen LogP contribution is 2.23. The maximum atomic E-state index is 12.0. The van der Waals surface area contributed by atoms with Gasteiger partial charge in [0, 0.05) is 12.6 Å². The highest BCUT2D eigenvalue weighted by atomic mass is 32.2. The molecular formula is C13H19NOS2. The summed E-state index contributed by atoms with van der Waals surface area (Å²) >= 11 is 3.09. The summed E-state index contributed by atoms with van der Waals surface area (Å²) in [5.74, 6) is 0.567. The van der Waals surface area contributed by atoms with Crippen molar-refractivity contribution in [3.8, 4) is 0 Å². The Bertz CT molecular complexity index is 407. The highest BCUT2D eigenvalue weighted by Gasteiger charge is 2.09. The van der Waals surface area contributed by atoms with Gasteiger partial charge in [0.1, 0.15) is 0 Å². The van der Waals surface area contributed by atoms with E-state index in [2.05, 4.69) is 24.5 Å². The first-order valence-electron chi connectivity index (χ1n) is 5.70. The Morgan fingerprint density at radius 3 is 2.76 bits per heavy atom. The molecule has 0 aliphatic heterocycles. The quantitative estimate of drug-likeness (QED) is 0.628. The van der Waals surface area contributed by atoms with Crippen LogP contribution in [0.4, 0.5) is 0 Å². The van der Waals surface area contributed by atoms with E-state index >= 15 is 0 Å². The first kappa shape index (κ1) is 14.3. The van der Waals surface area contributed by atoms with Crippen molar-refractivity contribution in [2.24, 2.45) is 0 Å². The Morgan fingerprint density at radius 1 is 1.59 bits per heavy atom. The van der Waals surface area contributed by atoms with Gasteiger partial charge in [0.05, 0.1) is 9.91 Å². The molecular weight excluding hydrogens is 250 g/mol. The summed E-state index contributed by atoms with van der Waals surface area (Å²) in [4.78, 5) is 12.8. The minimum absolute atomic E-state index is 0.0900. The standard InChI is InChI=1S/C13H19NOS2/c1-5-14-13(16-4)7-11(15)12-6-10(8-17-12)9(2)3/h6-9,14H,5H2,1-4H3/b13-7+. The smallest absolute Gasteiger partial charge is 0.198 e. The van der Waals surface area contributed by atoms with E-state index in [9.17, 15) is 4.79 Å². The van der Waals surface area contributed by atoms with Crippen LogP contribution in [0.3, 0.4) is 0 Å². The van der Waals surface area contributed by atoms with Crippen molar-refractivity contribution >= 4 is 28.9 Å². The molecule has 1 aromatic rings. The van der Waals surface area contributed by atoms with E-state index in [1.807, 2.05) is 19.2 Å². The number of carbonyl (C=O) groups excluding carboxylic acids is 1. The number of ketones is 1. The Kier molecular flexibility index (Phi) is 5.78. The van der Waals surface area contributed by atoms with Crippen LogP contribution >= 0.6 is 23.1 Å². The third-order valence-corrected chi connectivity index (χ3v) is 4.03. The molecule has 4 heteroatoms. The number of hydrogen-bond acceptors (Lipinski definition) is 4. The molecule has 0 aliphatic rings. The summed E-state index contributed by atoms with van der Waals surface area (Å²) in [6.45, 7) is 7.13. The lowest BCUT2D eigenvalue weighted by Crippen LogP contribution is -2.10. The fourth-order valence-electron chi connectivity index (χ4n) is 1.33. The van der Waals surface area contributed by atoms with Crippen LogP contribution in [0.2, 0.25) is 0 Å². The molecule has 17 heavy (non-hydrogen) atoms. The van der Waals surface area contributed by atoms with Crippen LogP contribution in [0.15, 0.2) is 22.6 Å². The molecule has 1 aromatic heterocycles. The van der Waals surface area contributed by atoms with Gasteiger partial charge in [0.15, 0.2) is 5.78 Å². The van der Waals surface area contributed by atoms with Gasteiger partial charge >= 0.3 is 0 Å². The molecule has 0 bridgehead atoms. The van der Waals surface area contributed by atoms with Crippen molar-refractivity contribution in [3.63, 3.8) is 0 Å². The maximum absolute atomic E-state index is 12.0. The lowest BCUT2D eigenvalue weighted by atomic mass is 10.1. The predicted octanol–water partition coefficient (Wildman–Crippen LogP) is 3.87. The number of carbonyl (C=O) groups is 1. The number of allylic oxidation sites excluding steroid dienone is 1. The SMILES string of the molecule is CCN/C(=C\C(=O)c1cc(C(C)C)cs1)SC. The molecule has 0 aromatic carbocycles. The van der Waals surface area contributed by atoms with Gasteiger partial charge in [-0.3, -0.25) is 4.79 Å². The van der Waals surface area contributed by atoms with Gasteiger partial charge in [-0.2, -0.15) is 0 Å². The van der Waals surface area contributed by atoms with Gasteiger partial charge < -0.3 is 5.32 Å². The third-order valence-electron chi connectivity index (χ3n) is 2.36. The van der Waals surface area contributed by atoms with Gasteiger partial charge in [0.2, 0.25) is 0 Å². The van der Waals surface area contributed by atoms with Gasteiger partial charge in [-0.05, 0) is 36.1 Å². The molecule has 2 nitrogen and oxygen atoms in total. The summed E-state index contributed by atoms with van der Waals surface area (Å²) in [6.07, 6.45) is 3.65. The van der Waals surface area contributed by atoms with E-state index < -0.39 is 0 Å². The molecule has 1 N–H and O–H groups in total. The molecule has 0 unspecified atom stereocenters. The van der Waals surface area contributed by atoms with E-state index in [0.717, 1.165) is 16.5 Å². The zero-order valence-electron chi connectivity index (χ0n) is 10.7. The van der Waals surface area contributed by atoms with E-state index in [0.29, 0.717) is 5.92 Å². The monoisotopic (exact) mass is 269 g/mol. The number of rotatable bonds is 6. The summed E-state index contributed by atoms with van der Waals surface area (Å²) in [6, 6.07) is 2.00. The van der Waals surface area contributed by atoms with Crippen molar-refractivity contribution in [1.82, 2.24) is 5.32 Å². The second-order valence-corrected chi connectivity index (χ2v) is 5.77. The van der Waals surface area contributed by atoms with Crippen LogP contribution in [0.25, 0.3) is 0 Å². The number of thiophene rings is 1. The molecule has 0 spiro atoms. The van der Waals surface area contributed by atoms with Crippen LogP contribution in [-0.2, 0) is 0 Å². The van der Waals surface area contributed by atoms with Crippen molar-refractivity contribution in [3.05, 3.63) is 33.0 Å². The van der Waals surface area contributed by atoms with Crippen LogP contribution < -0.4 is 5.32 Å². The highest BCUT2D eigenvalue weighted by molar-refractivity contribution is 8.02. The fourth-order valence-corrected chi connectivity index (χ4v) is 2.83. The maximum Gasteiger partial charge on any atom is 0.198 e. The summed E-state index contributed by atoms with van der Waals surface area (Å²) in [7, 11) is 0. The lowest BCUT2D eigenvalue weighted by Gasteiger charge is -2.04. The average Bonchev–Trinajstić information content (AvgIpc) is 2.77. The Morgan fingerprint density at radius 2 is 2.29 bits per heavy atom. The topological polar surface area (TPSA) is 29.1 Å². The second-order valence-electron chi connectivity index (χ2n) is 4.01. The molecule has 0 saturated heterocycles. The Labute approximate surface area is 112 Å². The zero-order valence-corrected chi connectivity index (χ0v) is 12.4. The van der Waals surface area contributed by atoms with E-state index in [1.165, 1.54) is 16.9 Å². The normalized spacial score (nSPS) is 11.9. The molecule has 0 atom stereocenters. The van der Waals surface area contributed by atoms with Crippen LogP contribution in [0.1, 0.15) is 41.9 Å². The molecule has 0 aliphatic carbocycles. The van der Waals surface area contributed by atoms with Crippen molar-refractivity contribution in [2.75, 3.05) is 12.8 Å². The van der Waals surface area contributed by atoms with Gasteiger partial charge in [-0.15, -0.1) is 23.1 Å². The van der Waals surface area contributed by atoms with Crippen LogP contribution in [0.5, 0.6) is 0 Å². The number of nitrogens with one attached hydrogen (secondary N) is 1.